The number of nitrogens with zero attached hydrogens (tertiary/aromatic N) is 1. The summed E-state index contributed by atoms with van der Waals surface area (Å²) < 4.78 is 0. The van der Waals surface area contributed by atoms with Crippen molar-refractivity contribution in [2.75, 3.05) is 14.1 Å². The summed E-state index contributed by atoms with van der Waals surface area (Å²) >= 11 is 0. The smallest absolute Gasteiger partial charge is 0.0244 e. The highest BCUT2D eigenvalue weighted by atomic mass is 15.1. The molecule has 0 spiro atoms. The van der Waals surface area contributed by atoms with E-state index < -0.39 is 0 Å². The van der Waals surface area contributed by atoms with Crippen molar-refractivity contribution in [2.24, 2.45) is 11.8 Å². The number of hydrogen-bond acceptors (Lipinski definition) is 1. The van der Waals surface area contributed by atoms with E-state index in [2.05, 4.69) is 64.0 Å². The van der Waals surface area contributed by atoms with Gasteiger partial charge < -0.3 is 4.90 Å². The molecule has 1 nitrogen and oxygen atoms in total. The van der Waals surface area contributed by atoms with Crippen molar-refractivity contribution >= 4 is 0 Å². The predicted molar refractivity (Wildman–Crippen MR) is 88.1 cm³/mol. The summed E-state index contributed by atoms with van der Waals surface area (Å²) in [6, 6.07) is 9.06. The van der Waals surface area contributed by atoms with Gasteiger partial charge in [-0.3, -0.25) is 0 Å². The Morgan fingerprint density at radius 3 is 2.35 bits per heavy atom. The number of hydrogen-bond donors (Lipinski definition) is 0. The minimum absolute atomic E-state index is 0.374. The van der Waals surface area contributed by atoms with Crippen LogP contribution in [-0.4, -0.2) is 24.5 Å². The highest BCUT2D eigenvalue weighted by Crippen LogP contribution is 2.40. The first-order chi connectivity index (χ1) is 9.43. The molecule has 0 N–H and O–H groups in total. The van der Waals surface area contributed by atoms with Crippen LogP contribution in [0.25, 0.3) is 0 Å². The average Bonchev–Trinajstić information content (AvgIpc) is 2.39. The van der Waals surface area contributed by atoms with Gasteiger partial charge in [-0.2, -0.15) is 0 Å². The summed E-state index contributed by atoms with van der Waals surface area (Å²) in [5, 5.41) is 0. The molecule has 0 aliphatic heterocycles. The number of benzene rings is 1. The molecular formula is C19H31N. The van der Waals surface area contributed by atoms with E-state index in [0.29, 0.717) is 5.54 Å². The lowest BCUT2D eigenvalue weighted by molar-refractivity contribution is 0.0683. The van der Waals surface area contributed by atoms with Crippen LogP contribution in [0.4, 0.5) is 0 Å². The lowest BCUT2D eigenvalue weighted by Crippen LogP contribution is -2.49. The second-order valence-corrected chi connectivity index (χ2v) is 7.37. The van der Waals surface area contributed by atoms with Gasteiger partial charge in [-0.15, -0.1) is 0 Å². The Labute approximate surface area is 125 Å². The third-order valence-corrected chi connectivity index (χ3v) is 5.47. The maximum Gasteiger partial charge on any atom is 0.0244 e. The van der Waals surface area contributed by atoms with Crippen molar-refractivity contribution in [3.63, 3.8) is 0 Å². The minimum atomic E-state index is 0.374. The van der Waals surface area contributed by atoms with Crippen molar-refractivity contribution in [1.29, 1.82) is 0 Å². The van der Waals surface area contributed by atoms with Crippen LogP contribution >= 0.6 is 0 Å². The van der Waals surface area contributed by atoms with Gasteiger partial charge in [0, 0.05) is 5.54 Å². The highest BCUT2D eigenvalue weighted by Gasteiger charge is 2.37. The van der Waals surface area contributed by atoms with Crippen molar-refractivity contribution in [3.8, 4) is 0 Å². The van der Waals surface area contributed by atoms with Crippen molar-refractivity contribution in [3.05, 3.63) is 35.4 Å². The van der Waals surface area contributed by atoms with Crippen LogP contribution in [0, 0.1) is 18.8 Å². The van der Waals surface area contributed by atoms with E-state index in [0.717, 1.165) is 11.8 Å². The molecular weight excluding hydrogens is 242 g/mol. The number of rotatable bonds is 4. The van der Waals surface area contributed by atoms with E-state index in [1.165, 1.54) is 43.2 Å². The number of likely N-dealkylation sites (N-methyl/N-ethyl adjacent to an activating group) is 1. The summed E-state index contributed by atoms with van der Waals surface area (Å²) in [7, 11) is 4.54. The third-order valence-electron chi connectivity index (χ3n) is 5.47. The third kappa shape index (κ3) is 3.44. The summed E-state index contributed by atoms with van der Waals surface area (Å²) in [4.78, 5) is 2.49. The molecule has 0 unspecified atom stereocenters. The molecule has 1 aromatic carbocycles. The van der Waals surface area contributed by atoms with Gasteiger partial charge in [-0.25, -0.2) is 0 Å². The zero-order chi connectivity index (χ0) is 14.8. The van der Waals surface area contributed by atoms with Crippen LogP contribution in [-0.2, 0) is 6.42 Å². The fraction of sp³-hybridized carbons (Fsp3) is 0.684. The monoisotopic (exact) mass is 273 g/mol. The summed E-state index contributed by atoms with van der Waals surface area (Å²) in [5.41, 5.74) is 3.26. The quantitative estimate of drug-likeness (QED) is 0.769. The van der Waals surface area contributed by atoms with E-state index in [1.807, 2.05) is 0 Å². The molecule has 0 atom stereocenters. The zero-order valence-corrected chi connectivity index (χ0v) is 13.9. The van der Waals surface area contributed by atoms with Crippen molar-refractivity contribution < 1.29 is 0 Å². The molecule has 1 aliphatic rings. The van der Waals surface area contributed by atoms with E-state index in [-0.39, 0.29) is 0 Å². The normalized spacial score (nSPS) is 27.2. The molecule has 0 amide bonds. The van der Waals surface area contributed by atoms with Gasteiger partial charge in [-0.1, -0.05) is 43.7 Å². The SMILES string of the molecule is Cc1cccc(CC2(N(C)C)CCC(C(C)C)CC2)c1. The Bertz CT molecular complexity index is 425. The Kier molecular flexibility index (Phi) is 4.90. The van der Waals surface area contributed by atoms with Crippen molar-refractivity contribution in [1.82, 2.24) is 4.90 Å². The highest BCUT2D eigenvalue weighted by molar-refractivity contribution is 5.24. The first-order valence-electron chi connectivity index (χ1n) is 8.16. The van der Waals surface area contributed by atoms with E-state index in [4.69, 9.17) is 0 Å². The van der Waals surface area contributed by atoms with E-state index in [1.54, 1.807) is 0 Å². The average molecular weight is 273 g/mol. The fourth-order valence-electron chi connectivity index (χ4n) is 3.83. The van der Waals surface area contributed by atoms with Gasteiger partial charge in [0.05, 0.1) is 0 Å². The van der Waals surface area contributed by atoms with E-state index >= 15 is 0 Å². The Morgan fingerprint density at radius 1 is 1.20 bits per heavy atom. The van der Waals surface area contributed by atoms with Crippen molar-refractivity contribution in [2.45, 2.75) is 58.4 Å². The molecule has 1 heteroatoms. The van der Waals surface area contributed by atoms with Crippen LogP contribution in [0.5, 0.6) is 0 Å². The van der Waals surface area contributed by atoms with Crippen LogP contribution in [0.3, 0.4) is 0 Å². The van der Waals surface area contributed by atoms with Crippen LogP contribution in [0.2, 0.25) is 0 Å². The molecule has 2 rings (SSSR count). The summed E-state index contributed by atoms with van der Waals surface area (Å²) in [5.74, 6) is 1.77. The van der Waals surface area contributed by atoms with Crippen LogP contribution < -0.4 is 0 Å². The van der Waals surface area contributed by atoms with Crippen LogP contribution in [0.1, 0.15) is 50.7 Å². The Balaban J connectivity index is 2.12. The molecule has 0 saturated heterocycles. The molecule has 0 heterocycles. The molecule has 1 aliphatic carbocycles. The molecule has 1 aromatic rings. The second kappa shape index (κ2) is 6.30. The summed E-state index contributed by atoms with van der Waals surface area (Å²) in [6.45, 7) is 6.96. The molecule has 1 saturated carbocycles. The first kappa shape index (κ1) is 15.6. The van der Waals surface area contributed by atoms with E-state index in [9.17, 15) is 0 Å². The standard InChI is InChI=1S/C19H31N/c1-15(2)18-9-11-19(12-10-18,20(4)5)14-17-8-6-7-16(3)13-17/h6-8,13,15,18H,9-12,14H2,1-5H3. The lowest BCUT2D eigenvalue weighted by Gasteiger charge is -2.46. The molecule has 0 radical (unpaired) electrons. The minimum Gasteiger partial charge on any atom is -0.303 e. The summed E-state index contributed by atoms with van der Waals surface area (Å²) in [6.07, 6.45) is 6.67. The predicted octanol–water partition coefficient (Wildman–Crippen LogP) is 4.68. The van der Waals surface area contributed by atoms with Gasteiger partial charge in [0.2, 0.25) is 0 Å². The maximum absolute atomic E-state index is 2.49. The van der Waals surface area contributed by atoms with Gasteiger partial charge in [-0.05, 0) is 70.5 Å². The molecule has 0 aromatic heterocycles. The maximum atomic E-state index is 2.49. The first-order valence-corrected chi connectivity index (χ1v) is 8.16. The zero-order valence-electron chi connectivity index (χ0n) is 13.9. The second-order valence-electron chi connectivity index (χ2n) is 7.37. The molecule has 112 valence electrons. The van der Waals surface area contributed by atoms with Gasteiger partial charge in [0.25, 0.3) is 0 Å². The van der Waals surface area contributed by atoms with Crippen LogP contribution in [0.15, 0.2) is 24.3 Å². The number of aryl methyl sites for hydroxylation is 1. The lowest BCUT2D eigenvalue weighted by atomic mass is 9.70. The Hall–Kier alpha value is -0.820. The fourth-order valence-corrected chi connectivity index (χ4v) is 3.83. The van der Waals surface area contributed by atoms with Gasteiger partial charge in [0.15, 0.2) is 0 Å². The largest absolute Gasteiger partial charge is 0.303 e. The molecule has 0 bridgehead atoms. The molecule has 1 fully saturated rings. The Morgan fingerprint density at radius 2 is 1.85 bits per heavy atom. The molecule has 20 heavy (non-hydrogen) atoms. The topological polar surface area (TPSA) is 3.24 Å². The van der Waals surface area contributed by atoms with Gasteiger partial charge in [0.1, 0.15) is 0 Å². The van der Waals surface area contributed by atoms with Gasteiger partial charge >= 0.3 is 0 Å².